The van der Waals surface area contributed by atoms with Crippen LogP contribution in [0.25, 0.3) is 11.0 Å². The summed E-state index contributed by atoms with van der Waals surface area (Å²) in [6, 6.07) is 6.96. The summed E-state index contributed by atoms with van der Waals surface area (Å²) in [6.45, 7) is 1.07. The zero-order chi connectivity index (χ0) is 19.3. The summed E-state index contributed by atoms with van der Waals surface area (Å²) < 4.78 is 12.5. The molecule has 8 nitrogen and oxygen atoms in total. The topological polar surface area (TPSA) is 90.5 Å². The summed E-state index contributed by atoms with van der Waals surface area (Å²) >= 11 is 0. The zero-order valence-corrected chi connectivity index (χ0v) is 15.5. The summed E-state index contributed by atoms with van der Waals surface area (Å²) in [7, 11) is 1.51. The Labute approximate surface area is 160 Å². The summed E-state index contributed by atoms with van der Waals surface area (Å²) in [4.78, 5) is 27.1. The number of nitrogens with zero attached hydrogens (tertiary/aromatic N) is 4. The number of amides is 1. The van der Waals surface area contributed by atoms with Gasteiger partial charge in [0.25, 0.3) is 5.91 Å². The van der Waals surface area contributed by atoms with E-state index in [0.717, 1.165) is 12.1 Å². The third kappa shape index (κ3) is 2.85. The number of hydrogen-bond acceptors (Lipinski definition) is 6. The Morgan fingerprint density at radius 1 is 1.29 bits per heavy atom. The fourth-order valence-electron chi connectivity index (χ4n) is 3.78. The van der Waals surface area contributed by atoms with E-state index in [9.17, 15) is 9.59 Å². The highest BCUT2D eigenvalue weighted by atomic mass is 16.5. The fourth-order valence-corrected chi connectivity index (χ4v) is 3.78. The van der Waals surface area contributed by atoms with Gasteiger partial charge in [0.05, 0.1) is 18.8 Å². The number of para-hydroxylation sites is 1. The predicted molar refractivity (Wildman–Crippen MR) is 101 cm³/mol. The van der Waals surface area contributed by atoms with Crippen LogP contribution < -0.4 is 10.4 Å². The van der Waals surface area contributed by atoms with Crippen LogP contribution in [0.5, 0.6) is 5.75 Å². The SMILES string of the molecule is COc1cccc2cc(C(=O)N3CCC(n4cc(C5CC5)nn4)C3)c(=O)oc12. The number of fused-ring (bicyclic) bond motifs is 1. The van der Waals surface area contributed by atoms with E-state index in [-0.39, 0.29) is 17.5 Å². The molecule has 1 amide bonds. The van der Waals surface area contributed by atoms with Crippen molar-refractivity contribution in [3.05, 3.63) is 52.1 Å². The summed E-state index contributed by atoms with van der Waals surface area (Å²) in [6.07, 6.45) is 5.13. The van der Waals surface area contributed by atoms with Crippen LogP contribution in [0.4, 0.5) is 0 Å². The number of methoxy groups -OCH3 is 1. The van der Waals surface area contributed by atoms with Gasteiger partial charge >= 0.3 is 5.63 Å². The van der Waals surface area contributed by atoms with Gasteiger partial charge in [-0.3, -0.25) is 4.79 Å². The van der Waals surface area contributed by atoms with Crippen LogP contribution in [0, 0.1) is 0 Å². The molecule has 0 spiro atoms. The van der Waals surface area contributed by atoms with E-state index in [0.29, 0.717) is 35.7 Å². The molecule has 1 aromatic carbocycles. The standard InChI is InChI=1S/C20H20N4O4/c1-27-17-4-2-3-13-9-15(20(26)28-18(13)17)19(25)23-8-7-14(10-23)24-11-16(21-22-24)12-5-6-12/h2-4,9,11-12,14H,5-8,10H2,1H3. The van der Waals surface area contributed by atoms with Crippen LogP contribution in [0.1, 0.15) is 47.3 Å². The van der Waals surface area contributed by atoms with Crippen LogP contribution >= 0.6 is 0 Å². The van der Waals surface area contributed by atoms with Crippen molar-refractivity contribution in [3.63, 3.8) is 0 Å². The molecule has 2 fully saturated rings. The maximum Gasteiger partial charge on any atom is 0.349 e. The predicted octanol–water partition coefficient (Wildman–Crippen LogP) is 2.36. The van der Waals surface area contributed by atoms with Crippen molar-refractivity contribution >= 4 is 16.9 Å². The average molecular weight is 380 g/mol. The highest BCUT2D eigenvalue weighted by Crippen LogP contribution is 2.39. The maximum atomic E-state index is 13.0. The van der Waals surface area contributed by atoms with E-state index in [1.54, 1.807) is 29.2 Å². The molecule has 1 atom stereocenters. The fraction of sp³-hybridized carbons (Fsp3) is 0.400. The van der Waals surface area contributed by atoms with Gasteiger partial charge in [-0.05, 0) is 31.4 Å². The van der Waals surface area contributed by atoms with Crippen molar-refractivity contribution in [3.8, 4) is 5.75 Å². The van der Waals surface area contributed by atoms with Crippen LogP contribution in [0.15, 0.2) is 39.7 Å². The first-order chi connectivity index (χ1) is 13.6. The number of carbonyl (C=O) groups excluding carboxylic acids is 1. The Bertz CT molecular complexity index is 1110. The molecule has 5 rings (SSSR count). The molecule has 28 heavy (non-hydrogen) atoms. The summed E-state index contributed by atoms with van der Waals surface area (Å²) in [5.74, 6) is 0.697. The largest absolute Gasteiger partial charge is 0.493 e. The van der Waals surface area contributed by atoms with Gasteiger partial charge in [0.1, 0.15) is 5.56 Å². The molecular weight excluding hydrogens is 360 g/mol. The second-order valence-electron chi connectivity index (χ2n) is 7.42. The van der Waals surface area contributed by atoms with Crippen LogP contribution in [0.3, 0.4) is 0 Å². The van der Waals surface area contributed by atoms with E-state index in [2.05, 4.69) is 10.3 Å². The Morgan fingerprint density at radius 2 is 2.14 bits per heavy atom. The molecule has 2 aromatic heterocycles. The number of likely N-dealkylation sites (tertiary alicyclic amines) is 1. The van der Waals surface area contributed by atoms with E-state index in [1.807, 2.05) is 10.9 Å². The van der Waals surface area contributed by atoms with Crippen LogP contribution in [-0.4, -0.2) is 46.0 Å². The minimum absolute atomic E-state index is 0.0404. The first-order valence-electron chi connectivity index (χ1n) is 9.46. The van der Waals surface area contributed by atoms with Gasteiger partial charge in [-0.1, -0.05) is 17.3 Å². The van der Waals surface area contributed by atoms with E-state index in [4.69, 9.17) is 9.15 Å². The molecule has 8 heteroatoms. The molecule has 1 unspecified atom stereocenters. The molecule has 1 aliphatic heterocycles. The van der Waals surface area contributed by atoms with Gasteiger partial charge in [-0.15, -0.1) is 5.10 Å². The first-order valence-corrected chi connectivity index (χ1v) is 9.46. The lowest BCUT2D eigenvalue weighted by atomic mass is 10.1. The quantitative estimate of drug-likeness (QED) is 0.646. The second kappa shape index (κ2) is 6.47. The number of ether oxygens (including phenoxy) is 1. The van der Waals surface area contributed by atoms with Gasteiger partial charge < -0.3 is 14.1 Å². The average Bonchev–Trinajstić information content (AvgIpc) is 3.24. The van der Waals surface area contributed by atoms with Crippen molar-refractivity contribution in [1.82, 2.24) is 19.9 Å². The normalized spacial score (nSPS) is 19.3. The lowest BCUT2D eigenvalue weighted by Gasteiger charge is -2.16. The molecule has 1 saturated carbocycles. The number of aromatic nitrogens is 3. The van der Waals surface area contributed by atoms with Gasteiger partial charge in [0.2, 0.25) is 0 Å². The zero-order valence-electron chi connectivity index (χ0n) is 15.5. The number of rotatable bonds is 4. The molecule has 1 aliphatic carbocycles. The Morgan fingerprint density at radius 3 is 2.93 bits per heavy atom. The highest BCUT2D eigenvalue weighted by Gasteiger charge is 2.32. The third-order valence-electron chi connectivity index (χ3n) is 5.52. The minimum atomic E-state index is -0.651. The molecule has 144 valence electrons. The molecule has 0 bridgehead atoms. The van der Waals surface area contributed by atoms with Crippen molar-refractivity contribution in [2.45, 2.75) is 31.2 Å². The number of carbonyl (C=O) groups is 1. The lowest BCUT2D eigenvalue weighted by molar-refractivity contribution is 0.0783. The van der Waals surface area contributed by atoms with E-state index in [1.165, 1.54) is 20.0 Å². The van der Waals surface area contributed by atoms with Gasteiger partial charge in [-0.2, -0.15) is 0 Å². The number of benzene rings is 1. The smallest absolute Gasteiger partial charge is 0.349 e. The molecular formula is C20H20N4O4. The Kier molecular flexibility index (Phi) is 3.92. The van der Waals surface area contributed by atoms with E-state index >= 15 is 0 Å². The van der Waals surface area contributed by atoms with Crippen molar-refractivity contribution < 1.29 is 13.9 Å². The van der Waals surface area contributed by atoms with E-state index < -0.39 is 5.63 Å². The van der Waals surface area contributed by atoms with Crippen LogP contribution in [-0.2, 0) is 0 Å². The van der Waals surface area contributed by atoms with Gasteiger partial charge in [0, 0.05) is 30.6 Å². The summed E-state index contributed by atoms with van der Waals surface area (Å²) in [5.41, 5.74) is 0.774. The van der Waals surface area contributed by atoms with Crippen molar-refractivity contribution in [1.29, 1.82) is 0 Å². The molecule has 0 N–H and O–H groups in total. The highest BCUT2D eigenvalue weighted by molar-refractivity contribution is 5.97. The summed E-state index contributed by atoms with van der Waals surface area (Å²) in [5, 5.41) is 9.14. The van der Waals surface area contributed by atoms with Gasteiger partial charge in [-0.25, -0.2) is 9.48 Å². The first kappa shape index (κ1) is 17.0. The third-order valence-corrected chi connectivity index (χ3v) is 5.52. The minimum Gasteiger partial charge on any atom is -0.493 e. The molecule has 0 radical (unpaired) electrons. The molecule has 3 heterocycles. The van der Waals surface area contributed by atoms with Crippen LogP contribution in [0.2, 0.25) is 0 Å². The van der Waals surface area contributed by atoms with Crippen molar-refractivity contribution in [2.75, 3.05) is 20.2 Å². The second-order valence-corrected chi connectivity index (χ2v) is 7.42. The Balaban J connectivity index is 1.39. The lowest BCUT2D eigenvalue weighted by Crippen LogP contribution is -2.32. The number of hydrogen-bond donors (Lipinski definition) is 0. The molecule has 3 aromatic rings. The van der Waals surface area contributed by atoms with Gasteiger partial charge in [0.15, 0.2) is 11.3 Å². The van der Waals surface area contributed by atoms with Crippen molar-refractivity contribution in [2.24, 2.45) is 0 Å². The maximum absolute atomic E-state index is 13.0. The Hall–Kier alpha value is -3.16. The monoisotopic (exact) mass is 380 g/mol. The molecule has 1 saturated heterocycles. The molecule has 2 aliphatic rings.